The number of benzene rings is 1. The molecule has 0 unspecified atom stereocenters. The molecule has 0 radical (unpaired) electrons. The molecule has 1 aliphatic heterocycles. The Morgan fingerprint density at radius 3 is 2.12 bits per heavy atom. The van der Waals surface area contributed by atoms with Gasteiger partial charge in [0, 0.05) is 17.2 Å². The number of carbonyl (C=O) groups is 2. The van der Waals surface area contributed by atoms with Gasteiger partial charge in [-0.2, -0.15) is 0 Å². The fraction of sp³-hybridized carbons (Fsp3) is 0.167. The van der Waals surface area contributed by atoms with Gasteiger partial charge in [-0.1, -0.05) is 11.6 Å². The molecule has 4 nitrogen and oxygen atoms in total. The van der Waals surface area contributed by atoms with Gasteiger partial charge >= 0.3 is 0 Å². The quantitative estimate of drug-likeness (QED) is 0.779. The molecule has 1 aromatic carbocycles. The zero-order valence-electron chi connectivity index (χ0n) is 9.32. The average Bonchev–Trinajstić information content (AvgIpc) is 2.48. The molecular weight excluding hydrogens is 242 g/mol. The molecule has 5 heteroatoms. The zero-order chi connectivity index (χ0) is 12.7. The highest BCUT2D eigenvalue weighted by molar-refractivity contribution is 6.34. The molecule has 0 aliphatic carbocycles. The molecule has 0 bridgehead atoms. The van der Waals surface area contributed by atoms with Gasteiger partial charge in [0.15, 0.2) is 0 Å². The van der Waals surface area contributed by atoms with Crippen LogP contribution in [0.25, 0.3) is 0 Å². The number of amides is 2. The molecule has 0 aromatic heterocycles. The van der Waals surface area contributed by atoms with E-state index in [1.807, 2.05) is 0 Å². The lowest BCUT2D eigenvalue weighted by molar-refractivity contribution is -0.120. The van der Waals surface area contributed by atoms with Crippen LogP contribution in [0.15, 0.2) is 29.3 Å². The van der Waals surface area contributed by atoms with E-state index in [1.165, 1.54) is 18.2 Å². The number of carbonyl (C=O) groups excluding carboxylic acids is 2. The number of imide groups is 1. The second-order valence-corrected chi connectivity index (χ2v) is 4.24. The summed E-state index contributed by atoms with van der Waals surface area (Å²) in [6.45, 7) is 3.21. The fourth-order valence-corrected chi connectivity index (χ4v) is 1.74. The van der Waals surface area contributed by atoms with Crippen molar-refractivity contribution in [1.82, 2.24) is 0 Å². The molecule has 0 atom stereocenters. The minimum absolute atomic E-state index is 0.160. The molecule has 2 rings (SSSR count). The predicted octanol–water partition coefficient (Wildman–Crippen LogP) is 2.26. The van der Waals surface area contributed by atoms with Crippen molar-refractivity contribution in [2.45, 2.75) is 13.8 Å². The number of rotatable bonds is 1. The molecule has 17 heavy (non-hydrogen) atoms. The second-order valence-electron chi connectivity index (χ2n) is 3.83. The maximum absolute atomic E-state index is 11.9. The van der Waals surface area contributed by atoms with Crippen molar-refractivity contribution < 1.29 is 14.7 Å². The van der Waals surface area contributed by atoms with Crippen LogP contribution >= 0.6 is 11.6 Å². The number of phenolic OH excluding ortho intramolecular Hbond substituents is 1. The summed E-state index contributed by atoms with van der Waals surface area (Å²) in [6, 6.07) is 4.25. The van der Waals surface area contributed by atoms with Gasteiger partial charge < -0.3 is 5.11 Å². The number of hydrogen-bond acceptors (Lipinski definition) is 3. The third kappa shape index (κ3) is 1.70. The third-order valence-corrected chi connectivity index (χ3v) is 3.12. The van der Waals surface area contributed by atoms with Gasteiger partial charge in [-0.05, 0) is 26.0 Å². The Bertz CT molecular complexity index is 539. The topological polar surface area (TPSA) is 57.6 Å². The first kappa shape index (κ1) is 11.7. The summed E-state index contributed by atoms with van der Waals surface area (Å²) in [6.07, 6.45) is 0. The van der Waals surface area contributed by atoms with Crippen LogP contribution < -0.4 is 4.90 Å². The zero-order valence-corrected chi connectivity index (χ0v) is 10.1. The van der Waals surface area contributed by atoms with E-state index in [0.29, 0.717) is 16.8 Å². The minimum Gasteiger partial charge on any atom is -0.506 e. The van der Waals surface area contributed by atoms with Gasteiger partial charge in [-0.15, -0.1) is 0 Å². The van der Waals surface area contributed by atoms with Crippen molar-refractivity contribution >= 4 is 29.1 Å². The summed E-state index contributed by atoms with van der Waals surface area (Å²) in [7, 11) is 0. The van der Waals surface area contributed by atoms with Crippen LogP contribution in [0.1, 0.15) is 13.8 Å². The van der Waals surface area contributed by atoms with Crippen molar-refractivity contribution in [3.05, 3.63) is 34.4 Å². The number of phenols is 1. The maximum Gasteiger partial charge on any atom is 0.261 e. The molecule has 0 saturated carbocycles. The van der Waals surface area contributed by atoms with E-state index in [2.05, 4.69) is 0 Å². The molecular formula is C12H10ClNO3. The summed E-state index contributed by atoms with van der Waals surface area (Å²) in [4.78, 5) is 24.7. The lowest BCUT2D eigenvalue weighted by Gasteiger charge is -2.15. The van der Waals surface area contributed by atoms with Crippen molar-refractivity contribution in [3.63, 3.8) is 0 Å². The number of anilines is 1. The van der Waals surface area contributed by atoms with Gasteiger partial charge in [-0.3, -0.25) is 9.59 Å². The van der Waals surface area contributed by atoms with Crippen LogP contribution in [0.4, 0.5) is 5.69 Å². The molecule has 2 amide bonds. The maximum atomic E-state index is 11.9. The van der Waals surface area contributed by atoms with Crippen LogP contribution in [0.2, 0.25) is 5.02 Å². The van der Waals surface area contributed by atoms with Crippen molar-refractivity contribution in [1.29, 1.82) is 0 Å². The Kier molecular flexibility index (Phi) is 2.67. The van der Waals surface area contributed by atoms with Crippen LogP contribution in [-0.2, 0) is 9.59 Å². The Balaban J connectivity index is 2.47. The largest absolute Gasteiger partial charge is 0.506 e. The normalized spacial score (nSPS) is 16.1. The van der Waals surface area contributed by atoms with Crippen LogP contribution in [-0.4, -0.2) is 16.9 Å². The number of nitrogens with zero attached hydrogens (tertiary/aromatic N) is 1. The average molecular weight is 252 g/mol. The first-order valence-electron chi connectivity index (χ1n) is 4.98. The van der Waals surface area contributed by atoms with Crippen molar-refractivity contribution in [2.75, 3.05) is 4.90 Å². The van der Waals surface area contributed by atoms with Crippen molar-refractivity contribution in [3.8, 4) is 5.75 Å². The van der Waals surface area contributed by atoms with Crippen LogP contribution in [0.3, 0.4) is 0 Å². The monoisotopic (exact) mass is 251 g/mol. The highest BCUT2D eigenvalue weighted by Gasteiger charge is 2.34. The van der Waals surface area contributed by atoms with E-state index < -0.39 is 0 Å². The van der Waals surface area contributed by atoms with Gasteiger partial charge in [-0.25, -0.2) is 4.90 Å². The van der Waals surface area contributed by atoms with Crippen LogP contribution in [0, 0.1) is 0 Å². The smallest absolute Gasteiger partial charge is 0.261 e. The summed E-state index contributed by atoms with van der Waals surface area (Å²) in [5.41, 5.74) is 1.16. The van der Waals surface area contributed by atoms with E-state index in [9.17, 15) is 14.7 Å². The molecule has 1 aromatic rings. The summed E-state index contributed by atoms with van der Waals surface area (Å²) < 4.78 is 0. The van der Waals surface area contributed by atoms with E-state index in [-0.39, 0.29) is 22.6 Å². The van der Waals surface area contributed by atoms with Crippen molar-refractivity contribution in [2.24, 2.45) is 0 Å². The molecule has 0 fully saturated rings. The Morgan fingerprint density at radius 2 is 1.65 bits per heavy atom. The minimum atomic E-state index is -0.366. The molecule has 0 spiro atoms. The molecule has 0 saturated heterocycles. The summed E-state index contributed by atoms with van der Waals surface area (Å²) in [5.74, 6) is -0.893. The van der Waals surface area contributed by atoms with E-state index in [1.54, 1.807) is 13.8 Å². The van der Waals surface area contributed by atoms with Gasteiger partial charge in [0.25, 0.3) is 11.8 Å². The number of halogens is 1. The first-order chi connectivity index (χ1) is 7.93. The summed E-state index contributed by atoms with van der Waals surface area (Å²) >= 11 is 5.67. The van der Waals surface area contributed by atoms with E-state index >= 15 is 0 Å². The summed E-state index contributed by atoms with van der Waals surface area (Å²) in [5, 5.41) is 9.65. The number of hydrogen-bond donors (Lipinski definition) is 1. The Labute approximate surface area is 103 Å². The SMILES string of the molecule is CC1=C(C)C(=O)N(c2ccc(Cl)c(O)c2)C1=O. The predicted molar refractivity (Wildman–Crippen MR) is 64.0 cm³/mol. The van der Waals surface area contributed by atoms with E-state index in [4.69, 9.17) is 11.6 Å². The van der Waals surface area contributed by atoms with Crippen LogP contribution in [0.5, 0.6) is 5.75 Å². The standard InChI is InChI=1S/C12H10ClNO3/c1-6-7(2)12(17)14(11(6)16)8-3-4-9(13)10(15)5-8/h3-5,15H,1-2H3. The lowest BCUT2D eigenvalue weighted by Crippen LogP contribution is -2.31. The molecule has 1 N–H and O–H groups in total. The Hall–Kier alpha value is -1.81. The van der Waals surface area contributed by atoms with Gasteiger partial charge in [0.05, 0.1) is 10.7 Å². The second kappa shape index (κ2) is 3.89. The first-order valence-corrected chi connectivity index (χ1v) is 5.36. The molecule has 1 heterocycles. The molecule has 88 valence electrons. The third-order valence-electron chi connectivity index (χ3n) is 2.80. The Morgan fingerprint density at radius 1 is 1.12 bits per heavy atom. The van der Waals surface area contributed by atoms with E-state index in [0.717, 1.165) is 4.90 Å². The fourth-order valence-electron chi connectivity index (χ4n) is 1.62. The number of aromatic hydroxyl groups is 1. The van der Waals surface area contributed by atoms with Gasteiger partial charge in [0.2, 0.25) is 0 Å². The highest BCUT2D eigenvalue weighted by Crippen LogP contribution is 2.32. The molecule has 1 aliphatic rings. The highest BCUT2D eigenvalue weighted by atomic mass is 35.5. The lowest BCUT2D eigenvalue weighted by atomic mass is 10.2. The van der Waals surface area contributed by atoms with Gasteiger partial charge in [0.1, 0.15) is 5.75 Å².